The van der Waals surface area contributed by atoms with E-state index >= 15 is 0 Å². The third-order valence-corrected chi connectivity index (χ3v) is 6.35. The number of methoxy groups -OCH3 is 1. The van der Waals surface area contributed by atoms with Crippen molar-refractivity contribution in [3.05, 3.63) is 54.1 Å². The molecule has 0 saturated heterocycles. The van der Waals surface area contributed by atoms with Crippen LogP contribution in [0.2, 0.25) is 0 Å². The SMILES string of the molecule is COc1ccccc1C(C)N(C)CC(=O)Nc1cccc(S(=O)(=O)N(C)C)c1. The van der Waals surface area contributed by atoms with Gasteiger partial charge < -0.3 is 10.1 Å². The molecule has 0 saturated carbocycles. The second-order valence-corrected chi connectivity index (χ2v) is 8.85. The van der Waals surface area contributed by atoms with Crippen molar-refractivity contribution in [3.63, 3.8) is 0 Å². The molecule has 2 aromatic rings. The maximum atomic E-state index is 12.5. The minimum Gasteiger partial charge on any atom is -0.496 e. The van der Waals surface area contributed by atoms with E-state index in [0.717, 1.165) is 15.6 Å². The van der Waals surface area contributed by atoms with E-state index in [9.17, 15) is 13.2 Å². The monoisotopic (exact) mass is 405 g/mol. The van der Waals surface area contributed by atoms with E-state index in [1.54, 1.807) is 19.2 Å². The molecule has 0 aliphatic heterocycles. The Morgan fingerprint density at radius 2 is 1.79 bits per heavy atom. The highest BCUT2D eigenvalue weighted by Crippen LogP contribution is 2.28. The van der Waals surface area contributed by atoms with Gasteiger partial charge in [-0.05, 0) is 38.2 Å². The van der Waals surface area contributed by atoms with Crippen LogP contribution in [-0.4, -0.2) is 58.3 Å². The Bertz CT molecular complexity index is 929. The van der Waals surface area contributed by atoms with Crippen molar-refractivity contribution in [2.45, 2.75) is 17.9 Å². The number of nitrogens with one attached hydrogen (secondary N) is 1. The zero-order valence-corrected chi connectivity index (χ0v) is 17.7. The van der Waals surface area contributed by atoms with Gasteiger partial charge in [0.1, 0.15) is 5.75 Å². The smallest absolute Gasteiger partial charge is 0.242 e. The average molecular weight is 406 g/mol. The fraction of sp³-hybridized carbons (Fsp3) is 0.350. The van der Waals surface area contributed by atoms with Crippen LogP contribution in [0.5, 0.6) is 5.75 Å². The number of nitrogens with zero attached hydrogens (tertiary/aromatic N) is 2. The summed E-state index contributed by atoms with van der Waals surface area (Å²) in [5.74, 6) is 0.535. The average Bonchev–Trinajstić information content (AvgIpc) is 2.67. The van der Waals surface area contributed by atoms with Crippen LogP contribution in [0.15, 0.2) is 53.4 Å². The molecule has 28 heavy (non-hydrogen) atoms. The number of sulfonamides is 1. The number of amides is 1. The first kappa shape index (κ1) is 21.9. The Kier molecular flexibility index (Phi) is 7.17. The molecule has 2 rings (SSSR count). The fourth-order valence-electron chi connectivity index (χ4n) is 2.76. The molecular formula is C20H27N3O4S. The number of hydrogen-bond acceptors (Lipinski definition) is 5. The van der Waals surface area contributed by atoms with E-state index in [1.165, 1.54) is 26.2 Å². The van der Waals surface area contributed by atoms with Gasteiger partial charge in [-0.3, -0.25) is 9.69 Å². The molecule has 0 spiro atoms. The number of hydrogen-bond donors (Lipinski definition) is 1. The van der Waals surface area contributed by atoms with Crippen LogP contribution < -0.4 is 10.1 Å². The summed E-state index contributed by atoms with van der Waals surface area (Å²) in [4.78, 5) is 14.5. The van der Waals surface area contributed by atoms with E-state index < -0.39 is 10.0 Å². The van der Waals surface area contributed by atoms with Crippen molar-refractivity contribution in [1.29, 1.82) is 0 Å². The number of carbonyl (C=O) groups excluding carboxylic acids is 1. The van der Waals surface area contributed by atoms with Gasteiger partial charge in [0, 0.05) is 31.4 Å². The molecule has 1 atom stereocenters. The van der Waals surface area contributed by atoms with Crippen molar-refractivity contribution in [2.75, 3.05) is 40.1 Å². The zero-order valence-electron chi connectivity index (χ0n) is 16.8. The lowest BCUT2D eigenvalue weighted by Gasteiger charge is -2.25. The molecule has 0 fully saturated rings. The van der Waals surface area contributed by atoms with Crippen molar-refractivity contribution in [3.8, 4) is 5.75 Å². The minimum absolute atomic E-state index is 0.0395. The number of anilines is 1. The molecule has 2 aromatic carbocycles. The molecule has 8 heteroatoms. The normalized spacial score (nSPS) is 12.8. The van der Waals surface area contributed by atoms with Crippen LogP contribution in [0.1, 0.15) is 18.5 Å². The Hall–Kier alpha value is -2.42. The largest absolute Gasteiger partial charge is 0.496 e. The topological polar surface area (TPSA) is 79.0 Å². The van der Waals surface area contributed by atoms with E-state index in [4.69, 9.17) is 4.74 Å². The highest BCUT2D eigenvalue weighted by molar-refractivity contribution is 7.89. The molecule has 1 unspecified atom stereocenters. The van der Waals surface area contributed by atoms with Crippen LogP contribution in [0.25, 0.3) is 0 Å². The van der Waals surface area contributed by atoms with Gasteiger partial charge in [-0.2, -0.15) is 0 Å². The van der Waals surface area contributed by atoms with E-state index in [1.807, 2.05) is 43.1 Å². The second-order valence-electron chi connectivity index (χ2n) is 6.70. The summed E-state index contributed by atoms with van der Waals surface area (Å²) in [5.41, 5.74) is 1.42. The van der Waals surface area contributed by atoms with Gasteiger partial charge in [0.15, 0.2) is 0 Å². The maximum Gasteiger partial charge on any atom is 0.242 e. The highest BCUT2D eigenvalue weighted by Gasteiger charge is 2.20. The van der Waals surface area contributed by atoms with Crippen molar-refractivity contribution >= 4 is 21.6 Å². The van der Waals surface area contributed by atoms with Crippen LogP contribution in [0.3, 0.4) is 0 Å². The highest BCUT2D eigenvalue weighted by atomic mass is 32.2. The molecule has 0 radical (unpaired) electrons. The quantitative estimate of drug-likeness (QED) is 0.730. The van der Waals surface area contributed by atoms with Gasteiger partial charge >= 0.3 is 0 Å². The fourth-order valence-corrected chi connectivity index (χ4v) is 3.71. The number of para-hydroxylation sites is 1. The Morgan fingerprint density at radius 1 is 1.11 bits per heavy atom. The molecule has 0 aliphatic carbocycles. The standard InChI is InChI=1S/C20H27N3O4S/c1-15(18-11-6-7-12-19(18)27-5)23(4)14-20(24)21-16-9-8-10-17(13-16)28(25,26)22(2)3/h6-13,15H,14H2,1-5H3,(H,21,24). The summed E-state index contributed by atoms with van der Waals surface area (Å²) in [6, 6.07) is 13.9. The van der Waals surface area contributed by atoms with Gasteiger partial charge in [-0.15, -0.1) is 0 Å². The maximum absolute atomic E-state index is 12.5. The minimum atomic E-state index is -3.56. The molecule has 152 valence electrons. The van der Waals surface area contributed by atoms with Crippen molar-refractivity contribution in [2.24, 2.45) is 0 Å². The van der Waals surface area contributed by atoms with Gasteiger partial charge in [0.05, 0.1) is 18.6 Å². The van der Waals surface area contributed by atoms with Crippen molar-refractivity contribution in [1.82, 2.24) is 9.21 Å². The summed E-state index contributed by atoms with van der Waals surface area (Å²) < 4.78 is 31.0. The Morgan fingerprint density at radius 3 is 2.43 bits per heavy atom. The first-order chi connectivity index (χ1) is 13.2. The van der Waals surface area contributed by atoms with Crippen LogP contribution in [-0.2, 0) is 14.8 Å². The van der Waals surface area contributed by atoms with Gasteiger partial charge in [-0.25, -0.2) is 12.7 Å². The van der Waals surface area contributed by atoms with Gasteiger partial charge in [-0.1, -0.05) is 24.3 Å². The number of ether oxygens (including phenoxy) is 1. The van der Waals surface area contributed by atoms with Crippen LogP contribution >= 0.6 is 0 Å². The van der Waals surface area contributed by atoms with Crippen LogP contribution in [0.4, 0.5) is 5.69 Å². The Balaban J connectivity index is 2.08. The molecule has 1 amide bonds. The third-order valence-electron chi connectivity index (χ3n) is 4.54. The summed E-state index contributed by atoms with van der Waals surface area (Å²) in [6.45, 7) is 2.14. The van der Waals surface area contributed by atoms with Crippen molar-refractivity contribution < 1.29 is 17.9 Å². The number of rotatable bonds is 8. The number of benzene rings is 2. The first-order valence-electron chi connectivity index (χ1n) is 8.82. The lowest BCUT2D eigenvalue weighted by Crippen LogP contribution is -2.32. The second kappa shape index (κ2) is 9.18. The molecule has 7 nitrogen and oxygen atoms in total. The van der Waals surface area contributed by atoms with Gasteiger partial charge in [0.2, 0.25) is 15.9 Å². The molecule has 0 heterocycles. The molecule has 0 aromatic heterocycles. The van der Waals surface area contributed by atoms with Crippen LogP contribution in [0, 0.1) is 0 Å². The molecule has 0 bridgehead atoms. The number of carbonyl (C=O) groups is 1. The zero-order chi connectivity index (χ0) is 20.9. The summed E-state index contributed by atoms with van der Waals surface area (Å²) >= 11 is 0. The third kappa shape index (κ3) is 5.09. The van der Waals surface area contributed by atoms with E-state index in [2.05, 4.69) is 5.32 Å². The molecule has 0 aliphatic rings. The lowest BCUT2D eigenvalue weighted by atomic mass is 10.1. The molecular weight excluding hydrogens is 378 g/mol. The van der Waals surface area contributed by atoms with E-state index in [0.29, 0.717) is 5.69 Å². The summed E-state index contributed by atoms with van der Waals surface area (Å²) in [7, 11) is 2.85. The lowest BCUT2D eigenvalue weighted by molar-refractivity contribution is -0.117. The summed E-state index contributed by atoms with van der Waals surface area (Å²) in [5, 5.41) is 2.76. The Labute approximate surface area is 167 Å². The van der Waals surface area contributed by atoms with E-state index in [-0.39, 0.29) is 23.4 Å². The number of likely N-dealkylation sites (N-methyl/N-ethyl adjacent to an activating group) is 1. The van der Waals surface area contributed by atoms with Gasteiger partial charge in [0.25, 0.3) is 0 Å². The first-order valence-corrected chi connectivity index (χ1v) is 10.3. The summed E-state index contributed by atoms with van der Waals surface area (Å²) in [6.07, 6.45) is 0. The molecule has 1 N–H and O–H groups in total. The predicted octanol–water partition coefficient (Wildman–Crippen LogP) is 2.58. The predicted molar refractivity (Wildman–Crippen MR) is 110 cm³/mol.